The Bertz CT molecular complexity index is 393. The van der Waals surface area contributed by atoms with Crippen LogP contribution < -0.4 is 0 Å². The lowest BCUT2D eigenvalue weighted by Crippen LogP contribution is -2.40. The number of hydrogen-bond donors (Lipinski definition) is 0. The molecule has 0 N–H and O–H groups in total. The fourth-order valence-electron chi connectivity index (χ4n) is 1.47. The Morgan fingerprint density at radius 1 is 0.938 bits per heavy atom. The van der Waals surface area contributed by atoms with Gasteiger partial charge in [-0.15, -0.1) is 0 Å². The fourth-order valence-corrected chi connectivity index (χ4v) is 2.40. The molecule has 0 radical (unpaired) electrons. The molecule has 1 aliphatic carbocycles. The third-order valence-corrected chi connectivity index (χ3v) is 3.66. The van der Waals surface area contributed by atoms with Crippen molar-refractivity contribution >= 4 is 20.2 Å². The van der Waals surface area contributed by atoms with Gasteiger partial charge in [0.25, 0.3) is 20.2 Å². The normalized spacial score (nSPS) is 20.4. The maximum atomic E-state index is 10.8. The lowest BCUT2D eigenvalue weighted by atomic mass is 9.70. The summed E-state index contributed by atoms with van der Waals surface area (Å²) in [6.07, 6.45) is 4.31. The second-order valence-corrected chi connectivity index (χ2v) is 7.57. The van der Waals surface area contributed by atoms with Crippen molar-refractivity contribution in [3.8, 4) is 0 Å². The first kappa shape index (κ1) is 13.9. The molecule has 0 amide bonds. The minimum atomic E-state index is -3.49. The molecular formula is C8H16O6S2. The van der Waals surface area contributed by atoms with E-state index in [1.54, 1.807) is 0 Å². The van der Waals surface area contributed by atoms with E-state index in [4.69, 9.17) is 8.37 Å². The number of rotatable bonds is 6. The highest BCUT2D eigenvalue weighted by Crippen LogP contribution is 2.41. The Kier molecular flexibility index (Phi) is 3.99. The van der Waals surface area contributed by atoms with Crippen LogP contribution >= 0.6 is 0 Å². The molecule has 0 heterocycles. The van der Waals surface area contributed by atoms with Crippen LogP contribution in [0.2, 0.25) is 0 Å². The summed E-state index contributed by atoms with van der Waals surface area (Å²) in [5.74, 6) is 0. The minimum absolute atomic E-state index is 0.0125. The summed E-state index contributed by atoms with van der Waals surface area (Å²) in [4.78, 5) is 0. The Hall–Kier alpha value is -0.180. The molecule has 6 nitrogen and oxygen atoms in total. The smallest absolute Gasteiger partial charge is 0.264 e. The highest BCUT2D eigenvalue weighted by atomic mass is 32.2. The van der Waals surface area contributed by atoms with Gasteiger partial charge in [-0.2, -0.15) is 16.8 Å². The van der Waals surface area contributed by atoms with Crippen LogP contribution in [0, 0.1) is 5.41 Å². The van der Waals surface area contributed by atoms with Crippen LogP contribution in [0.15, 0.2) is 0 Å². The fraction of sp³-hybridized carbons (Fsp3) is 1.00. The van der Waals surface area contributed by atoms with Crippen LogP contribution in [-0.2, 0) is 28.6 Å². The van der Waals surface area contributed by atoms with E-state index in [0.29, 0.717) is 0 Å². The molecule has 0 aromatic carbocycles. The molecule has 0 spiro atoms. The Balaban J connectivity index is 2.51. The van der Waals surface area contributed by atoms with Crippen LogP contribution in [-0.4, -0.2) is 42.6 Å². The molecule has 8 heteroatoms. The first-order chi connectivity index (χ1) is 7.12. The van der Waals surface area contributed by atoms with E-state index in [9.17, 15) is 16.8 Å². The van der Waals surface area contributed by atoms with Gasteiger partial charge in [-0.05, 0) is 12.8 Å². The molecule has 1 fully saturated rings. The minimum Gasteiger partial charge on any atom is -0.270 e. The zero-order valence-corrected chi connectivity index (χ0v) is 10.9. The maximum absolute atomic E-state index is 10.8. The summed E-state index contributed by atoms with van der Waals surface area (Å²) in [5, 5.41) is 0. The summed E-state index contributed by atoms with van der Waals surface area (Å²) >= 11 is 0. The van der Waals surface area contributed by atoms with E-state index in [1.165, 1.54) is 0 Å². The molecule has 1 rings (SSSR count). The van der Waals surface area contributed by atoms with Gasteiger partial charge in [0.15, 0.2) is 0 Å². The van der Waals surface area contributed by atoms with Crippen molar-refractivity contribution in [1.82, 2.24) is 0 Å². The van der Waals surface area contributed by atoms with E-state index in [0.717, 1.165) is 31.8 Å². The van der Waals surface area contributed by atoms with Gasteiger partial charge in [0, 0.05) is 5.41 Å². The van der Waals surface area contributed by atoms with Crippen LogP contribution in [0.1, 0.15) is 19.3 Å². The van der Waals surface area contributed by atoms with Crippen molar-refractivity contribution < 1.29 is 25.2 Å². The summed E-state index contributed by atoms with van der Waals surface area (Å²) in [6, 6.07) is 0. The zero-order chi connectivity index (χ0) is 12.4. The highest BCUT2D eigenvalue weighted by Gasteiger charge is 2.39. The first-order valence-electron chi connectivity index (χ1n) is 4.81. The van der Waals surface area contributed by atoms with Gasteiger partial charge in [0.2, 0.25) is 0 Å². The summed E-state index contributed by atoms with van der Waals surface area (Å²) in [7, 11) is -6.98. The van der Waals surface area contributed by atoms with E-state index in [-0.39, 0.29) is 13.2 Å². The van der Waals surface area contributed by atoms with E-state index in [2.05, 4.69) is 0 Å². The quantitative estimate of drug-likeness (QED) is 0.638. The second-order valence-electron chi connectivity index (χ2n) is 4.29. The topological polar surface area (TPSA) is 86.7 Å². The third kappa shape index (κ3) is 4.77. The maximum Gasteiger partial charge on any atom is 0.264 e. The van der Waals surface area contributed by atoms with Crippen molar-refractivity contribution in [1.29, 1.82) is 0 Å². The van der Waals surface area contributed by atoms with Gasteiger partial charge in [-0.25, -0.2) is 0 Å². The summed E-state index contributed by atoms with van der Waals surface area (Å²) in [5.41, 5.74) is -0.466. The predicted octanol–water partition coefficient (Wildman–Crippen LogP) is 0.109. The van der Waals surface area contributed by atoms with E-state index in [1.807, 2.05) is 0 Å². The van der Waals surface area contributed by atoms with Crippen molar-refractivity contribution in [2.75, 3.05) is 25.7 Å². The number of hydrogen-bond acceptors (Lipinski definition) is 6. The molecule has 16 heavy (non-hydrogen) atoms. The van der Waals surface area contributed by atoms with Crippen LogP contribution in [0.3, 0.4) is 0 Å². The predicted molar refractivity (Wildman–Crippen MR) is 57.9 cm³/mol. The molecule has 96 valence electrons. The van der Waals surface area contributed by atoms with Gasteiger partial charge >= 0.3 is 0 Å². The lowest BCUT2D eigenvalue weighted by Gasteiger charge is -2.40. The van der Waals surface area contributed by atoms with Gasteiger partial charge in [-0.3, -0.25) is 8.37 Å². The average Bonchev–Trinajstić information content (AvgIpc) is 1.97. The molecule has 1 aliphatic rings. The second kappa shape index (κ2) is 4.59. The van der Waals surface area contributed by atoms with Gasteiger partial charge in [0.1, 0.15) is 0 Å². The molecule has 1 saturated carbocycles. The Morgan fingerprint density at radius 3 is 1.50 bits per heavy atom. The van der Waals surface area contributed by atoms with Crippen molar-refractivity contribution in [3.05, 3.63) is 0 Å². The molecule has 0 aliphatic heterocycles. The molecule has 0 aromatic rings. The molecule has 0 atom stereocenters. The van der Waals surface area contributed by atoms with Crippen LogP contribution in [0.25, 0.3) is 0 Å². The summed E-state index contributed by atoms with van der Waals surface area (Å²) in [6.45, 7) is -0.0251. The third-order valence-electron chi connectivity index (χ3n) is 2.57. The van der Waals surface area contributed by atoms with Gasteiger partial charge in [0.05, 0.1) is 25.7 Å². The van der Waals surface area contributed by atoms with Crippen LogP contribution in [0.4, 0.5) is 0 Å². The van der Waals surface area contributed by atoms with Gasteiger partial charge in [-0.1, -0.05) is 6.42 Å². The molecule has 0 bridgehead atoms. The first-order valence-corrected chi connectivity index (χ1v) is 8.44. The Morgan fingerprint density at radius 2 is 1.31 bits per heavy atom. The summed E-state index contributed by atoms with van der Waals surface area (Å²) < 4.78 is 52.7. The largest absolute Gasteiger partial charge is 0.270 e. The van der Waals surface area contributed by atoms with Crippen molar-refractivity contribution in [2.45, 2.75) is 19.3 Å². The monoisotopic (exact) mass is 272 g/mol. The molecule has 0 aromatic heterocycles. The van der Waals surface area contributed by atoms with Crippen LogP contribution in [0.5, 0.6) is 0 Å². The average molecular weight is 272 g/mol. The lowest BCUT2D eigenvalue weighted by molar-refractivity contribution is 0.0150. The van der Waals surface area contributed by atoms with E-state index >= 15 is 0 Å². The van der Waals surface area contributed by atoms with Crippen molar-refractivity contribution in [3.63, 3.8) is 0 Å². The standard InChI is InChI=1S/C8H16O6S2/c1-15(9,10)13-6-8(4-3-5-8)7-14-16(2,11)12/h3-7H2,1-2H3. The zero-order valence-electron chi connectivity index (χ0n) is 9.30. The van der Waals surface area contributed by atoms with E-state index < -0.39 is 25.7 Å². The molecular weight excluding hydrogens is 256 g/mol. The SMILES string of the molecule is CS(=O)(=O)OCC1(COS(C)(=O)=O)CCC1. The molecule has 0 saturated heterocycles. The highest BCUT2D eigenvalue weighted by molar-refractivity contribution is 7.86. The Labute approximate surface area is 96.2 Å². The van der Waals surface area contributed by atoms with Gasteiger partial charge < -0.3 is 0 Å². The van der Waals surface area contributed by atoms with Crippen molar-refractivity contribution in [2.24, 2.45) is 5.41 Å². The molecule has 0 unspecified atom stereocenters.